The average Bonchev–Trinajstić information content (AvgIpc) is 2.82. The lowest BCUT2D eigenvalue weighted by Crippen LogP contribution is -2.31. The van der Waals surface area contributed by atoms with Gasteiger partial charge < -0.3 is 14.9 Å². The van der Waals surface area contributed by atoms with E-state index in [9.17, 15) is 5.11 Å². The monoisotopic (exact) mass is 425 g/mol. The number of nitrogens with zero attached hydrogens (tertiary/aromatic N) is 3. The fourth-order valence-electron chi connectivity index (χ4n) is 4.11. The predicted molar refractivity (Wildman–Crippen MR) is 134 cm³/mol. The highest BCUT2D eigenvalue weighted by Gasteiger charge is 2.32. The molecule has 0 bridgehead atoms. The van der Waals surface area contributed by atoms with Crippen LogP contribution in [0.25, 0.3) is 22.0 Å². The molecule has 0 amide bonds. The molecule has 1 aromatic heterocycles. The fourth-order valence-corrected chi connectivity index (χ4v) is 4.11. The van der Waals surface area contributed by atoms with Gasteiger partial charge in [0.1, 0.15) is 11.4 Å². The fraction of sp³-hybridized carbons (Fsp3) is 0.250. The summed E-state index contributed by atoms with van der Waals surface area (Å²) in [6.07, 6.45) is 0.597. The second-order valence-electron chi connectivity index (χ2n) is 8.80. The van der Waals surface area contributed by atoms with Crippen LogP contribution in [-0.2, 0) is 5.60 Å². The molecule has 4 rings (SSSR count). The number of pyridine rings is 1. The van der Waals surface area contributed by atoms with Crippen molar-refractivity contribution in [1.82, 2.24) is 9.88 Å². The zero-order valence-electron chi connectivity index (χ0n) is 19.3. The molecule has 0 spiro atoms. The smallest absolute Gasteiger partial charge is 0.129 e. The van der Waals surface area contributed by atoms with Crippen molar-refractivity contribution in [2.75, 3.05) is 39.6 Å². The van der Waals surface area contributed by atoms with Gasteiger partial charge in [0, 0.05) is 26.0 Å². The molecule has 0 aliphatic rings. The highest BCUT2D eigenvalue weighted by Crippen LogP contribution is 2.38. The lowest BCUT2D eigenvalue weighted by molar-refractivity contribution is 0.0630. The molecule has 0 saturated heterocycles. The number of aliphatic hydroxyl groups is 1. The highest BCUT2D eigenvalue weighted by atomic mass is 16.3. The molecule has 1 unspecified atom stereocenters. The van der Waals surface area contributed by atoms with Gasteiger partial charge in [0.15, 0.2) is 0 Å². The van der Waals surface area contributed by atoms with E-state index in [0.717, 1.165) is 45.5 Å². The van der Waals surface area contributed by atoms with E-state index in [1.807, 2.05) is 81.6 Å². The van der Waals surface area contributed by atoms with Crippen LogP contribution in [0.4, 0.5) is 5.82 Å². The van der Waals surface area contributed by atoms with Crippen LogP contribution in [0.2, 0.25) is 0 Å². The lowest BCUT2D eigenvalue weighted by atomic mass is 9.82. The molecular weight excluding hydrogens is 394 g/mol. The van der Waals surface area contributed by atoms with Crippen molar-refractivity contribution < 1.29 is 5.11 Å². The molecule has 0 radical (unpaired) electrons. The summed E-state index contributed by atoms with van der Waals surface area (Å²) in [6, 6.07) is 28.6. The Bertz CT molecular complexity index is 1190. The topological polar surface area (TPSA) is 39.6 Å². The maximum atomic E-state index is 12.0. The molecule has 164 valence electrons. The molecule has 32 heavy (non-hydrogen) atoms. The Morgan fingerprint density at radius 3 is 2.06 bits per heavy atom. The van der Waals surface area contributed by atoms with E-state index < -0.39 is 5.60 Å². The molecule has 0 saturated carbocycles. The zero-order chi connectivity index (χ0) is 22.7. The van der Waals surface area contributed by atoms with Gasteiger partial charge in [-0.2, -0.15) is 0 Å². The number of rotatable bonds is 7. The number of benzene rings is 3. The minimum atomic E-state index is -1.09. The Morgan fingerprint density at radius 1 is 0.781 bits per heavy atom. The standard InChI is InChI=1S/C28H31N3O/c1-30(2)18-17-28(32,22-13-9-6-10-14-22)23-15-16-26-25(19-23)24(20-27(29-26)31(3)4)21-11-7-5-8-12-21/h5-16,19-20,32H,17-18H2,1-4H3. The highest BCUT2D eigenvalue weighted by molar-refractivity contribution is 5.96. The maximum Gasteiger partial charge on any atom is 0.129 e. The van der Waals surface area contributed by atoms with E-state index in [4.69, 9.17) is 4.98 Å². The van der Waals surface area contributed by atoms with Crippen LogP contribution in [0.3, 0.4) is 0 Å². The van der Waals surface area contributed by atoms with E-state index in [0.29, 0.717) is 6.42 Å². The second kappa shape index (κ2) is 9.11. The minimum Gasteiger partial charge on any atom is -0.380 e. The van der Waals surface area contributed by atoms with E-state index in [2.05, 4.69) is 41.3 Å². The van der Waals surface area contributed by atoms with Gasteiger partial charge >= 0.3 is 0 Å². The van der Waals surface area contributed by atoms with Crippen LogP contribution in [0.15, 0.2) is 84.9 Å². The lowest BCUT2D eigenvalue weighted by Gasteiger charge is -2.31. The summed E-state index contributed by atoms with van der Waals surface area (Å²) in [4.78, 5) is 9.00. The first kappa shape index (κ1) is 22.0. The summed E-state index contributed by atoms with van der Waals surface area (Å²) in [5.41, 5.74) is 3.87. The van der Waals surface area contributed by atoms with E-state index in [1.165, 1.54) is 0 Å². The van der Waals surface area contributed by atoms with Gasteiger partial charge in [0.2, 0.25) is 0 Å². The van der Waals surface area contributed by atoms with Gasteiger partial charge in [0.25, 0.3) is 0 Å². The van der Waals surface area contributed by atoms with Gasteiger partial charge in [-0.05, 0) is 61.0 Å². The molecule has 4 aromatic rings. The third kappa shape index (κ3) is 4.38. The molecule has 0 fully saturated rings. The minimum absolute atomic E-state index is 0.597. The van der Waals surface area contributed by atoms with Crippen molar-refractivity contribution in [2.24, 2.45) is 0 Å². The van der Waals surface area contributed by atoms with Gasteiger partial charge in [-0.1, -0.05) is 66.7 Å². The van der Waals surface area contributed by atoms with Gasteiger partial charge in [-0.3, -0.25) is 0 Å². The quantitative estimate of drug-likeness (QED) is 0.444. The molecule has 4 nitrogen and oxygen atoms in total. The number of anilines is 1. The molecule has 1 atom stereocenters. The van der Waals surface area contributed by atoms with Crippen LogP contribution in [-0.4, -0.2) is 49.7 Å². The number of hydrogen-bond acceptors (Lipinski definition) is 4. The predicted octanol–water partition coefficient (Wildman–Crippen LogP) is 5.16. The Kier molecular flexibility index (Phi) is 6.26. The largest absolute Gasteiger partial charge is 0.380 e. The van der Waals surface area contributed by atoms with Crippen molar-refractivity contribution in [2.45, 2.75) is 12.0 Å². The van der Waals surface area contributed by atoms with Crippen molar-refractivity contribution >= 4 is 16.7 Å². The third-order valence-corrected chi connectivity index (χ3v) is 5.99. The third-order valence-electron chi connectivity index (χ3n) is 5.99. The zero-order valence-corrected chi connectivity index (χ0v) is 19.3. The van der Waals surface area contributed by atoms with Crippen molar-refractivity contribution in [1.29, 1.82) is 0 Å². The molecule has 0 aliphatic carbocycles. The Hall–Kier alpha value is -3.21. The first-order chi connectivity index (χ1) is 15.4. The van der Waals surface area contributed by atoms with Crippen molar-refractivity contribution in [3.63, 3.8) is 0 Å². The van der Waals surface area contributed by atoms with Crippen LogP contribution < -0.4 is 4.90 Å². The van der Waals surface area contributed by atoms with Crippen LogP contribution >= 0.6 is 0 Å². The Morgan fingerprint density at radius 2 is 1.44 bits per heavy atom. The van der Waals surface area contributed by atoms with Crippen LogP contribution in [0, 0.1) is 0 Å². The Labute approximate surface area is 190 Å². The maximum absolute atomic E-state index is 12.0. The summed E-state index contributed by atoms with van der Waals surface area (Å²) >= 11 is 0. The van der Waals surface area contributed by atoms with E-state index in [-0.39, 0.29) is 0 Å². The summed E-state index contributed by atoms with van der Waals surface area (Å²) in [5, 5.41) is 13.1. The summed E-state index contributed by atoms with van der Waals surface area (Å²) < 4.78 is 0. The van der Waals surface area contributed by atoms with Crippen molar-refractivity contribution in [3.05, 3.63) is 96.1 Å². The van der Waals surface area contributed by atoms with Gasteiger partial charge in [0.05, 0.1) is 5.52 Å². The van der Waals surface area contributed by atoms with E-state index in [1.54, 1.807) is 0 Å². The van der Waals surface area contributed by atoms with Crippen LogP contribution in [0.1, 0.15) is 17.5 Å². The number of aromatic nitrogens is 1. The van der Waals surface area contributed by atoms with E-state index >= 15 is 0 Å². The van der Waals surface area contributed by atoms with Crippen LogP contribution in [0.5, 0.6) is 0 Å². The average molecular weight is 426 g/mol. The molecule has 0 aliphatic heterocycles. The molecule has 4 heteroatoms. The van der Waals surface area contributed by atoms with Gasteiger partial charge in [-0.15, -0.1) is 0 Å². The number of fused-ring (bicyclic) bond motifs is 1. The number of hydrogen-bond donors (Lipinski definition) is 1. The molecule has 1 heterocycles. The summed E-state index contributed by atoms with van der Waals surface area (Å²) in [6.45, 7) is 0.771. The second-order valence-corrected chi connectivity index (χ2v) is 8.80. The Balaban J connectivity index is 1.93. The first-order valence-corrected chi connectivity index (χ1v) is 11.0. The molecule has 1 N–H and O–H groups in total. The summed E-state index contributed by atoms with van der Waals surface area (Å²) in [5.74, 6) is 0.912. The summed E-state index contributed by atoms with van der Waals surface area (Å²) in [7, 11) is 8.08. The molecule has 3 aromatic carbocycles. The SMILES string of the molecule is CN(C)CCC(O)(c1ccccc1)c1ccc2nc(N(C)C)cc(-c3ccccc3)c2c1. The van der Waals surface area contributed by atoms with Gasteiger partial charge in [-0.25, -0.2) is 4.98 Å². The van der Waals surface area contributed by atoms with Crippen molar-refractivity contribution in [3.8, 4) is 11.1 Å². The molecular formula is C28H31N3O. The first-order valence-electron chi connectivity index (χ1n) is 11.0. The normalized spacial score (nSPS) is 13.3.